The summed E-state index contributed by atoms with van der Waals surface area (Å²) in [6, 6.07) is 6.44. The molecule has 0 saturated heterocycles. The molecule has 1 aromatic carbocycles. The first kappa shape index (κ1) is 12.1. The number of rotatable bonds is 4. The lowest BCUT2D eigenvalue weighted by Crippen LogP contribution is -2.13. The minimum absolute atomic E-state index is 0.0173. The Morgan fingerprint density at radius 1 is 1.29 bits per heavy atom. The van der Waals surface area contributed by atoms with Crippen LogP contribution >= 0.6 is 11.8 Å². The number of hydrogen-bond donors (Lipinski definition) is 2. The Bertz CT molecular complexity index is 461. The van der Waals surface area contributed by atoms with Gasteiger partial charge in [-0.05, 0) is 19.4 Å². The topological polar surface area (TPSA) is 67.6 Å². The molecule has 0 aliphatic rings. The summed E-state index contributed by atoms with van der Waals surface area (Å²) in [4.78, 5) is 4.06. The Morgan fingerprint density at radius 2 is 2.00 bits per heavy atom. The van der Waals surface area contributed by atoms with Gasteiger partial charge in [0, 0.05) is 11.8 Å². The maximum absolute atomic E-state index is 6.17. The van der Waals surface area contributed by atoms with E-state index in [-0.39, 0.29) is 6.04 Å². The second-order valence-electron chi connectivity index (χ2n) is 4.13. The highest BCUT2D eigenvalue weighted by Crippen LogP contribution is 2.21. The molecule has 0 aliphatic carbocycles. The molecule has 1 atom stereocenters. The largest absolute Gasteiger partial charge is 0.323 e. The van der Waals surface area contributed by atoms with E-state index in [1.165, 1.54) is 23.0 Å². The number of benzene rings is 1. The molecule has 1 unspecified atom stereocenters. The minimum atomic E-state index is 0.0173. The Labute approximate surface area is 105 Å². The summed E-state index contributed by atoms with van der Waals surface area (Å²) in [6.07, 6.45) is 1.50. The molecule has 0 saturated carbocycles. The molecule has 2 aromatic rings. The summed E-state index contributed by atoms with van der Waals surface area (Å²) in [6.45, 7) is 4.18. The van der Waals surface area contributed by atoms with Crippen molar-refractivity contribution in [3.63, 3.8) is 0 Å². The zero-order valence-electron chi connectivity index (χ0n) is 9.97. The number of aromatic nitrogens is 3. The van der Waals surface area contributed by atoms with E-state index in [1.54, 1.807) is 11.8 Å². The van der Waals surface area contributed by atoms with E-state index in [4.69, 9.17) is 5.73 Å². The van der Waals surface area contributed by atoms with E-state index >= 15 is 0 Å². The number of nitrogens with one attached hydrogen (secondary N) is 1. The van der Waals surface area contributed by atoms with Crippen molar-refractivity contribution in [1.29, 1.82) is 0 Å². The van der Waals surface area contributed by atoms with Crippen LogP contribution in [-0.2, 0) is 0 Å². The van der Waals surface area contributed by atoms with Crippen LogP contribution in [0, 0.1) is 13.8 Å². The van der Waals surface area contributed by atoms with Crippen LogP contribution in [0.2, 0.25) is 0 Å². The molecular formula is C12H16N4S. The number of nitrogens with two attached hydrogens (primary N) is 1. The number of thioether (sulfide) groups is 1. The van der Waals surface area contributed by atoms with Crippen molar-refractivity contribution in [2.24, 2.45) is 5.73 Å². The lowest BCUT2D eigenvalue weighted by molar-refractivity contribution is 0.824. The molecule has 3 N–H and O–H groups in total. The van der Waals surface area contributed by atoms with Crippen LogP contribution in [-0.4, -0.2) is 20.9 Å². The summed E-state index contributed by atoms with van der Waals surface area (Å²) in [5.74, 6) is 0.790. The predicted molar refractivity (Wildman–Crippen MR) is 70.0 cm³/mol. The molecular weight excluding hydrogens is 232 g/mol. The lowest BCUT2D eigenvalue weighted by Gasteiger charge is -2.12. The van der Waals surface area contributed by atoms with Gasteiger partial charge in [-0.25, -0.2) is 4.98 Å². The van der Waals surface area contributed by atoms with Gasteiger partial charge in [0.2, 0.25) is 0 Å². The fourth-order valence-electron chi connectivity index (χ4n) is 1.75. The highest BCUT2D eigenvalue weighted by Gasteiger charge is 2.08. The molecule has 1 heterocycles. The van der Waals surface area contributed by atoms with Gasteiger partial charge in [0.15, 0.2) is 5.16 Å². The van der Waals surface area contributed by atoms with Gasteiger partial charge in [-0.1, -0.05) is 41.1 Å². The van der Waals surface area contributed by atoms with Crippen LogP contribution in [0.1, 0.15) is 22.7 Å². The van der Waals surface area contributed by atoms with Crippen molar-refractivity contribution >= 4 is 11.8 Å². The zero-order valence-corrected chi connectivity index (χ0v) is 10.8. The Hall–Kier alpha value is -1.33. The maximum Gasteiger partial charge on any atom is 0.183 e. The molecule has 0 aliphatic heterocycles. The minimum Gasteiger partial charge on any atom is -0.323 e. The third-order valence-corrected chi connectivity index (χ3v) is 3.46. The van der Waals surface area contributed by atoms with Gasteiger partial charge in [-0.2, -0.15) is 5.10 Å². The summed E-state index contributed by atoms with van der Waals surface area (Å²) < 4.78 is 0. The number of H-pyrrole nitrogens is 1. The molecule has 5 heteroatoms. The van der Waals surface area contributed by atoms with Crippen molar-refractivity contribution < 1.29 is 0 Å². The first-order valence-electron chi connectivity index (χ1n) is 5.47. The Morgan fingerprint density at radius 3 is 2.59 bits per heavy atom. The highest BCUT2D eigenvalue weighted by atomic mass is 32.2. The van der Waals surface area contributed by atoms with Gasteiger partial charge in [0.1, 0.15) is 6.33 Å². The molecule has 0 fully saturated rings. The fourth-order valence-corrected chi connectivity index (χ4v) is 2.52. The number of nitrogens with zero attached hydrogens (tertiary/aromatic N) is 2. The van der Waals surface area contributed by atoms with Crippen LogP contribution in [0.3, 0.4) is 0 Å². The lowest BCUT2D eigenvalue weighted by atomic mass is 10.0. The molecule has 1 aromatic heterocycles. The number of aromatic amines is 1. The molecule has 0 radical (unpaired) electrons. The summed E-state index contributed by atoms with van der Waals surface area (Å²) in [5.41, 5.74) is 9.84. The Kier molecular flexibility index (Phi) is 3.81. The van der Waals surface area contributed by atoms with Crippen molar-refractivity contribution in [1.82, 2.24) is 15.2 Å². The summed E-state index contributed by atoms with van der Waals surface area (Å²) in [5, 5.41) is 7.43. The van der Waals surface area contributed by atoms with Crippen molar-refractivity contribution in [2.75, 3.05) is 5.75 Å². The molecule has 4 nitrogen and oxygen atoms in total. The van der Waals surface area contributed by atoms with E-state index in [0.29, 0.717) is 0 Å². The molecule has 90 valence electrons. The van der Waals surface area contributed by atoms with E-state index in [2.05, 4.69) is 47.2 Å². The van der Waals surface area contributed by atoms with Crippen molar-refractivity contribution in [2.45, 2.75) is 25.0 Å². The second-order valence-corrected chi connectivity index (χ2v) is 5.14. The van der Waals surface area contributed by atoms with Gasteiger partial charge < -0.3 is 5.73 Å². The SMILES string of the molecule is Cc1cc(C)cc(C(N)CSc2ncn[nH]2)c1. The zero-order chi connectivity index (χ0) is 12.3. The molecule has 0 spiro atoms. The van der Waals surface area contributed by atoms with Gasteiger partial charge in [-0.3, -0.25) is 5.10 Å². The third-order valence-electron chi connectivity index (χ3n) is 2.46. The first-order chi connectivity index (χ1) is 8.15. The van der Waals surface area contributed by atoms with Gasteiger partial charge in [0.25, 0.3) is 0 Å². The van der Waals surface area contributed by atoms with E-state index < -0.39 is 0 Å². The molecule has 0 bridgehead atoms. The fraction of sp³-hybridized carbons (Fsp3) is 0.333. The van der Waals surface area contributed by atoms with Crippen LogP contribution in [0.15, 0.2) is 29.7 Å². The highest BCUT2D eigenvalue weighted by molar-refractivity contribution is 7.99. The van der Waals surface area contributed by atoms with Crippen LogP contribution < -0.4 is 5.73 Å². The van der Waals surface area contributed by atoms with Crippen LogP contribution in [0.25, 0.3) is 0 Å². The maximum atomic E-state index is 6.17. The normalized spacial score (nSPS) is 12.6. The van der Waals surface area contributed by atoms with E-state index in [9.17, 15) is 0 Å². The summed E-state index contributed by atoms with van der Waals surface area (Å²) in [7, 11) is 0. The summed E-state index contributed by atoms with van der Waals surface area (Å²) >= 11 is 1.59. The van der Waals surface area contributed by atoms with E-state index in [1.807, 2.05) is 0 Å². The van der Waals surface area contributed by atoms with Crippen LogP contribution in [0.4, 0.5) is 0 Å². The standard InChI is InChI=1S/C12H16N4S/c1-8-3-9(2)5-10(4-8)11(13)6-17-12-14-7-15-16-12/h3-5,7,11H,6,13H2,1-2H3,(H,14,15,16). The van der Waals surface area contributed by atoms with E-state index in [0.717, 1.165) is 10.9 Å². The smallest absolute Gasteiger partial charge is 0.183 e. The van der Waals surface area contributed by atoms with Crippen LogP contribution in [0.5, 0.6) is 0 Å². The molecule has 17 heavy (non-hydrogen) atoms. The van der Waals surface area contributed by atoms with Gasteiger partial charge in [0.05, 0.1) is 0 Å². The third kappa shape index (κ3) is 3.31. The monoisotopic (exact) mass is 248 g/mol. The van der Waals surface area contributed by atoms with Gasteiger partial charge >= 0.3 is 0 Å². The molecule has 2 rings (SSSR count). The first-order valence-corrected chi connectivity index (χ1v) is 6.45. The quantitative estimate of drug-likeness (QED) is 0.814. The molecule has 0 amide bonds. The van der Waals surface area contributed by atoms with Gasteiger partial charge in [-0.15, -0.1) is 0 Å². The van der Waals surface area contributed by atoms with Crippen molar-refractivity contribution in [3.05, 3.63) is 41.2 Å². The number of hydrogen-bond acceptors (Lipinski definition) is 4. The average Bonchev–Trinajstić information content (AvgIpc) is 2.77. The Balaban J connectivity index is 2.01. The second kappa shape index (κ2) is 5.33. The predicted octanol–water partition coefficient (Wildman–Crippen LogP) is 2.21. The van der Waals surface area contributed by atoms with Crippen molar-refractivity contribution in [3.8, 4) is 0 Å². The number of aryl methyl sites for hydroxylation is 2. The average molecular weight is 248 g/mol.